The van der Waals surface area contributed by atoms with E-state index in [1.807, 2.05) is 84.5 Å². The Hall–Kier alpha value is -8.07. The second kappa shape index (κ2) is 27.8. The van der Waals surface area contributed by atoms with Gasteiger partial charge in [-0.3, -0.25) is 4.98 Å². The van der Waals surface area contributed by atoms with E-state index in [1.54, 1.807) is 6.26 Å². The molecule has 15 rings (SSSR count). The van der Waals surface area contributed by atoms with E-state index >= 15 is 0 Å². The summed E-state index contributed by atoms with van der Waals surface area (Å²) in [4.78, 5) is 5.49. The van der Waals surface area contributed by atoms with Crippen LogP contribution in [0.3, 0.4) is 0 Å². The molecule has 0 spiro atoms. The molecule has 0 aliphatic rings. The highest BCUT2D eigenvalue weighted by molar-refractivity contribution is 7.26. The second-order valence-corrected chi connectivity index (χ2v) is 27.5. The van der Waals surface area contributed by atoms with E-state index in [2.05, 4.69) is 239 Å². The van der Waals surface area contributed by atoms with E-state index in [1.165, 1.54) is 172 Å². The van der Waals surface area contributed by atoms with Crippen molar-refractivity contribution < 1.29 is 13.3 Å². The molecule has 7 heteroatoms. The molecule has 4 nitrogen and oxygen atoms in total. The maximum Gasteiger partial charge on any atom is 0.138 e. The first-order valence-corrected chi connectivity index (χ1v) is 33.3. The van der Waals surface area contributed by atoms with Crippen molar-refractivity contribution >= 4 is 118 Å². The average molecular weight is 1230 g/mol. The summed E-state index contributed by atoms with van der Waals surface area (Å²) in [7, 11) is 0. The number of thiophene rings is 3. The lowest BCUT2D eigenvalue weighted by atomic mass is 10.0. The van der Waals surface area contributed by atoms with E-state index in [0.29, 0.717) is 0 Å². The lowest BCUT2D eigenvalue weighted by Crippen LogP contribution is -1.86. The number of nitrogens with zero attached hydrogens (tertiary/aromatic N) is 1. The molecule has 7 heterocycles. The van der Waals surface area contributed by atoms with Crippen LogP contribution < -0.4 is 0 Å². The predicted octanol–water partition coefficient (Wildman–Crippen LogP) is 25.9. The summed E-state index contributed by atoms with van der Waals surface area (Å²) in [5.74, 6) is 1.03. The Labute approximate surface area is 539 Å². The summed E-state index contributed by atoms with van der Waals surface area (Å²) in [6, 6.07) is 42.9. The lowest BCUT2D eigenvalue weighted by molar-refractivity contribution is 0.530. The zero-order chi connectivity index (χ0) is 64.3. The molecule has 0 N–H and O–H groups in total. The van der Waals surface area contributed by atoms with E-state index in [4.69, 9.17) is 13.3 Å². The molecule has 0 amide bonds. The van der Waals surface area contributed by atoms with Crippen LogP contribution in [0.25, 0.3) is 84.2 Å². The van der Waals surface area contributed by atoms with Gasteiger partial charge in [-0.1, -0.05) is 72.8 Å². The molecule has 0 unspecified atom stereocenters. The van der Waals surface area contributed by atoms with Crippen LogP contribution in [-0.4, -0.2) is 4.98 Å². The Balaban J connectivity index is 0.000000126. The molecule has 0 atom stereocenters. The highest BCUT2D eigenvalue weighted by Gasteiger charge is 2.15. The minimum Gasteiger partial charge on any atom is -0.469 e. The first-order chi connectivity index (χ1) is 42.4. The van der Waals surface area contributed by atoms with Crippen LogP contribution in [0.4, 0.5) is 0 Å². The molecule has 15 aromatic rings. The topological polar surface area (TPSA) is 52.3 Å². The fourth-order valence-corrected chi connectivity index (χ4v) is 14.5. The van der Waals surface area contributed by atoms with Crippen molar-refractivity contribution in [3.63, 3.8) is 0 Å². The van der Waals surface area contributed by atoms with Gasteiger partial charge >= 0.3 is 0 Å². The number of aromatic nitrogens is 1. The van der Waals surface area contributed by atoms with E-state index in [9.17, 15) is 0 Å². The zero-order valence-corrected chi connectivity index (χ0v) is 58.7. The van der Waals surface area contributed by atoms with Crippen molar-refractivity contribution in [3.05, 3.63) is 262 Å². The summed E-state index contributed by atoms with van der Waals surface area (Å²) in [5, 5.41) is 12.7. The first kappa shape index (κ1) is 65.4. The number of para-hydroxylation sites is 2. The Morgan fingerprint density at radius 2 is 0.674 bits per heavy atom. The van der Waals surface area contributed by atoms with Crippen LogP contribution in [0, 0.1) is 145 Å². The molecular weight excluding hydrogens is 1140 g/mol. The summed E-state index contributed by atoms with van der Waals surface area (Å²) >= 11 is 5.65. The smallest absolute Gasteiger partial charge is 0.138 e. The number of hydrogen-bond acceptors (Lipinski definition) is 7. The fraction of sp³-hybridized carbons (Fsp3) is 0.256. The predicted molar refractivity (Wildman–Crippen MR) is 393 cm³/mol. The summed E-state index contributed by atoms with van der Waals surface area (Å²) < 4.78 is 22.6. The third-order valence-corrected chi connectivity index (χ3v) is 22.5. The van der Waals surface area contributed by atoms with E-state index < -0.39 is 0 Å². The maximum absolute atomic E-state index is 5.92. The minimum absolute atomic E-state index is 0.977. The molecular formula is C82H87NO3S3. The van der Waals surface area contributed by atoms with Crippen LogP contribution in [0.15, 0.2) is 159 Å². The number of aryl methyl sites for hydroxylation is 14. The van der Waals surface area contributed by atoms with Gasteiger partial charge in [0.25, 0.3) is 0 Å². The number of fused-ring (bicyclic) bond motifs is 12. The zero-order valence-electron chi connectivity index (χ0n) is 56.3. The Kier molecular flexibility index (Phi) is 20.4. The Morgan fingerprint density at radius 1 is 0.303 bits per heavy atom. The number of hydrogen-bond donors (Lipinski definition) is 0. The van der Waals surface area contributed by atoms with Gasteiger partial charge in [-0.05, 0) is 305 Å². The van der Waals surface area contributed by atoms with Crippen molar-refractivity contribution in [1.29, 1.82) is 0 Å². The maximum atomic E-state index is 5.92. The summed E-state index contributed by atoms with van der Waals surface area (Å²) in [6.45, 7) is 45.0. The Bertz CT molecular complexity index is 4440. The molecule has 89 heavy (non-hydrogen) atoms. The molecule has 8 aromatic carbocycles. The largest absolute Gasteiger partial charge is 0.469 e. The molecule has 0 aliphatic heterocycles. The highest BCUT2D eigenvalue weighted by Crippen LogP contribution is 2.40. The number of pyridine rings is 1. The third-order valence-electron chi connectivity index (χ3n) is 18.7. The standard InChI is InChI=1S/2C15H14O.2C15H14S.C8H11N.C7H10O.C7H10S/c4*1-9-8-13-12-6-4-5-7-14(12)16-15(13)11(3)10(9)2;1-6-4-9-5-7(2)8(6)3;2*1-5-4-8-7(3)6(5)2/h4*4-8H,1-3H3;4-5H,1-3H3;2*4H,1-3H3. The molecule has 0 saturated heterocycles. The molecule has 0 fully saturated rings. The van der Waals surface area contributed by atoms with Gasteiger partial charge in [0, 0.05) is 79.2 Å². The lowest BCUT2D eigenvalue weighted by Gasteiger charge is -2.05. The van der Waals surface area contributed by atoms with Crippen LogP contribution >= 0.6 is 34.0 Å². The summed E-state index contributed by atoms with van der Waals surface area (Å²) in [5.41, 5.74) is 29.7. The van der Waals surface area contributed by atoms with Gasteiger partial charge < -0.3 is 13.3 Å². The second-order valence-electron chi connectivity index (χ2n) is 24.3. The molecule has 7 aromatic heterocycles. The van der Waals surface area contributed by atoms with Crippen molar-refractivity contribution in [3.8, 4) is 0 Å². The first-order valence-electron chi connectivity index (χ1n) is 30.8. The number of benzene rings is 8. The normalized spacial score (nSPS) is 11.0. The molecule has 0 aliphatic carbocycles. The molecule has 0 bridgehead atoms. The van der Waals surface area contributed by atoms with Gasteiger partial charge in [0.05, 0.1) is 6.26 Å². The van der Waals surface area contributed by atoms with Gasteiger partial charge in [0.2, 0.25) is 0 Å². The average Bonchev–Trinajstić information content (AvgIpc) is 2.34. The van der Waals surface area contributed by atoms with Gasteiger partial charge in [-0.15, -0.1) is 34.0 Å². The third kappa shape index (κ3) is 13.7. The highest BCUT2D eigenvalue weighted by atomic mass is 32.1. The van der Waals surface area contributed by atoms with Crippen molar-refractivity contribution in [2.45, 2.75) is 145 Å². The quantitative estimate of drug-likeness (QED) is 0.152. The van der Waals surface area contributed by atoms with Crippen molar-refractivity contribution in [2.24, 2.45) is 0 Å². The minimum atomic E-state index is 0.977. The van der Waals surface area contributed by atoms with Crippen LogP contribution in [0.2, 0.25) is 0 Å². The summed E-state index contributed by atoms with van der Waals surface area (Å²) in [6.07, 6.45) is 5.56. The van der Waals surface area contributed by atoms with E-state index in [0.717, 1.165) is 28.1 Å². The van der Waals surface area contributed by atoms with Gasteiger partial charge in [0.15, 0.2) is 0 Å². The van der Waals surface area contributed by atoms with Crippen molar-refractivity contribution in [1.82, 2.24) is 4.98 Å². The molecule has 0 saturated carbocycles. The van der Waals surface area contributed by atoms with Gasteiger partial charge in [0.1, 0.15) is 28.1 Å². The van der Waals surface area contributed by atoms with Crippen molar-refractivity contribution in [2.75, 3.05) is 0 Å². The fourth-order valence-electron chi connectivity index (χ4n) is 11.1. The van der Waals surface area contributed by atoms with Crippen LogP contribution in [-0.2, 0) is 0 Å². The molecule has 0 radical (unpaired) electrons. The van der Waals surface area contributed by atoms with Gasteiger partial charge in [-0.2, -0.15) is 0 Å². The Morgan fingerprint density at radius 3 is 1.00 bits per heavy atom. The number of rotatable bonds is 0. The van der Waals surface area contributed by atoms with Crippen LogP contribution in [0.1, 0.15) is 116 Å². The number of furan rings is 3. The molecule has 456 valence electrons. The van der Waals surface area contributed by atoms with E-state index in [-0.39, 0.29) is 0 Å². The van der Waals surface area contributed by atoms with Gasteiger partial charge in [-0.25, -0.2) is 0 Å². The monoisotopic (exact) mass is 1230 g/mol. The SMILES string of the molecule is Cc1cc2c(oc3ccccc32)c(C)c1C.Cc1cc2c(oc3ccccc32)c(C)c1C.Cc1cc2c(sc3ccccc32)c(C)c1C.Cc1cc2c(sc3ccccc32)c(C)c1C.Cc1cncc(C)c1C.Cc1coc(C)c1C.Cc1csc(C)c1C. The van der Waals surface area contributed by atoms with Crippen LogP contribution in [0.5, 0.6) is 0 Å².